The molecule has 2 saturated heterocycles. The van der Waals surface area contributed by atoms with Crippen LogP contribution in [0.4, 0.5) is 11.5 Å². The number of nitrogens with zero attached hydrogens (tertiary/aromatic N) is 5. The lowest BCUT2D eigenvalue weighted by atomic mass is 9.96. The number of benzene rings is 1. The molecule has 2 aliphatic heterocycles. The molecular formula is C22H27ClN6O2. The van der Waals surface area contributed by atoms with E-state index in [2.05, 4.69) is 25.1 Å². The van der Waals surface area contributed by atoms with Gasteiger partial charge in [-0.15, -0.1) is 0 Å². The summed E-state index contributed by atoms with van der Waals surface area (Å²) in [6, 6.07) is 7.75. The highest BCUT2D eigenvalue weighted by atomic mass is 35.5. The van der Waals surface area contributed by atoms with Crippen molar-refractivity contribution in [2.75, 3.05) is 55.6 Å². The third-order valence-electron chi connectivity index (χ3n) is 5.96. The van der Waals surface area contributed by atoms with Gasteiger partial charge < -0.3 is 20.0 Å². The fraction of sp³-hybridized carbons (Fsp3) is 0.455. The third-order valence-corrected chi connectivity index (χ3v) is 6.19. The Balaban J connectivity index is 1.18. The van der Waals surface area contributed by atoms with Gasteiger partial charge in [0.2, 0.25) is 11.8 Å². The molecule has 0 unspecified atom stereocenters. The van der Waals surface area contributed by atoms with Crippen LogP contribution in [0.25, 0.3) is 0 Å². The monoisotopic (exact) mass is 442 g/mol. The summed E-state index contributed by atoms with van der Waals surface area (Å²) >= 11 is 6.08. The Morgan fingerprint density at radius 2 is 1.81 bits per heavy atom. The maximum atomic E-state index is 12.6. The molecule has 1 aromatic heterocycles. The molecule has 9 heteroatoms. The number of aromatic nitrogens is 2. The van der Waals surface area contributed by atoms with E-state index in [-0.39, 0.29) is 24.3 Å². The van der Waals surface area contributed by atoms with Gasteiger partial charge in [0.15, 0.2) is 0 Å². The number of piperidine rings is 1. The standard InChI is InChI=1S/C22H27ClN6O2/c23-18-2-1-3-19(14-18)27-10-12-29(13-11-27)21(30)16-26-22(31)17-4-8-28(9-5-17)20-15-24-6-7-25-20/h1-3,6-7,14-15,17H,4-5,8-13,16H2,(H,26,31). The molecule has 4 rings (SSSR count). The first kappa shape index (κ1) is 21.4. The summed E-state index contributed by atoms with van der Waals surface area (Å²) in [5.41, 5.74) is 1.07. The van der Waals surface area contributed by atoms with E-state index in [1.165, 1.54) is 0 Å². The molecule has 0 aliphatic carbocycles. The number of carbonyl (C=O) groups excluding carboxylic acids is 2. The van der Waals surface area contributed by atoms with E-state index in [4.69, 9.17) is 11.6 Å². The number of rotatable bonds is 5. The van der Waals surface area contributed by atoms with Crippen LogP contribution in [0.5, 0.6) is 0 Å². The van der Waals surface area contributed by atoms with Crippen molar-refractivity contribution in [2.45, 2.75) is 12.8 Å². The van der Waals surface area contributed by atoms with Crippen molar-refractivity contribution in [1.29, 1.82) is 0 Å². The fourth-order valence-corrected chi connectivity index (χ4v) is 4.32. The van der Waals surface area contributed by atoms with E-state index in [1.54, 1.807) is 18.6 Å². The molecule has 2 fully saturated rings. The molecule has 0 radical (unpaired) electrons. The van der Waals surface area contributed by atoms with Gasteiger partial charge in [-0.1, -0.05) is 17.7 Å². The largest absolute Gasteiger partial charge is 0.368 e. The van der Waals surface area contributed by atoms with Crippen LogP contribution < -0.4 is 15.1 Å². The molecule has 0 bridgehead atoms. The third kappa shape index (κ3) is 5.44. The van der Waals surface area contributed by atoms with E-state index < -0.39 is 0 Å². The van der Waals surface area contributed by atoms with Crippen LogP contribution in [0, 0.1) is 5.92 Å². The zero-order valence-corrected chi connectivity index (χ0v) is 18.2. The van der Waals surface area contributed by atoms with Crippen molar-refractivity contribution in [2.24, 2.45) is 5.92 Å². The molecule has 2 aromatic rings. The quantitative estimate of drug-likeness (QED) is 0.760. The van der Waals surface area contributed by atoms with Crippen molar-refractivity contribution in [3.8, 4) is 0 Å². The van der Waals surface area contributed by atoms with Gasteiger partial charge in [-0.2, -0.15) is 0 Å². The molecule has 8 nitrogen and oxygen atoms in total. The van der Waals surface area contributed by atoms with Gasteiger partial charge >= 0.3 is 0 Å². The van der Waals surface area contributed by atoms with Crippen LogP contribution in [0.15, 0.2) is 42.9 Å². The van der Waals surface area contributed by atoms with Gasteiger partial charge in [0.25, 0.3) is 0 Å². The van der Waals surface area contributed by atoms with Gasteiger partial charge in [-0.05, 0) is 31.0 Å². The molecule has 31 heavy (non-hydrogen) atoms. The Hall–Kier alpha value is -2.87. The van der Waals surface area contributed by atoms with Crippen LogP contribution in [-0.2, 0) is 9.59 Å². The Bertz CT molecular complexity index is 896. The number of amides is 2. The predicted octanol–water partition coefficient (Wildman–Crippen LogP) is 1.81. The lowest BCUT2D eigenvalue weighted by molar-refractivity contribution is -0.134. The first-order valence-electron chi connectivity index (χ1n) is 10.7. The Morgan fingerprint density at radius 1 is 1.03 bits per heavy atom. The maximum absolute atomic E-state index is 12.6. The van der Waals surface area contributed by atoms with E-state index >= 15 is 0 Å². The minimum absolute atomic E-state index is 0.0314. The first-order valence-corrected chi connectivity index (χ1v) is 11.0. The van der Waals surface area contributed by atoms with Crippen molar-refractivity contribution < 1.29 is 9.59 Å². The molecule has 1 aromatic carbocycles. The highest BCUT2D eigenvalue weighted by molar-refractivity contribution is 6.30. The predicted molar refractivity (Wildman–Crippen MR) is 120 cm³/mol. The van der Waals surface area contributed by atoms with Gasteiger partial charge in [0.1, 0.15) is 5.82 Å². The molecule has 3 heterocycles. The highest BCUT2D eigenvalue weighted by Gasteiger charge is 2.27. The van der Waals surface area contributed by atoms with Crippen LogP contribution in [0.1, 0.15) is 12.8 Å². The molecule has 2 amide bonds. The number of carbonyl (C=O) groups is 2. The van der Waals surface area contributed by atoms with E-state index in [9.17, 15) is 9.59 Å². The van der Waals surface area contributed by atoms with E-state index in [0.717, 1.165) is 50.5 Å². The average molecular weight is 443 g/mol. The summed E-state index contributed by atoms with van der Waals surface area (Å²) in [6.45, 7) is 4.35. The van der Waals surface area contributed by atoms with E-state index in [0.29, 0.717) is 18.1 Å². The lowest BCUT2D eigenvalue weighted by Gasteiger charge is -2.36. The van der Waals surface area contributed by atoms with Crippen LogP contribution >= 0.6 is 11.6 Å². The summed E-state index contributed by atoms with van der Waals surface area (Å²) in [6.07, 6.45) is 6.56. The second kappa shape index (κ2) is 9.96. The van der Waals surface area contributed by atoms with Gasteiger partial charge in [-0.3, -0.25) is 14.6 Å². The number of hydrogen-bond donors (Lipinski definition) is 1. The highest BCUT2D eigenvalue weighted by Crippen LogP contribution is 2.22. The fourth-order valence-electron chi connectivity index (χ4n) is 4.13. The maximum Gasteiger partial charge on any atom is 0.242 e. The number of anilines is 2. The molecule has 2 aliphatic rings. The van der Waals surface area contributed by atoms with Gasteiger partial charge in [0, 0.05) is 68.3 Å². The summed E-state index contributed by atoms with van der Waals surface area (Å²) in [4.78, 5) is 39.7. The lowest BCUT2D eigenvalue weighted by Crippen LogP contribution is -2.52. The average Bonchev–Trinajstić information content (AvgIpc) is 2.83. The molecule has 0 saturated carbocycles. The van der Waals surface area contributed by atoms with Crippen molar-refractivity contribution >= 4 is 34.9 Å². The Labute approximate surface area is 187 Å². The van der Waals surface area contributed by atoms with Gasteiger partial charge in [0.05, 0.1) is 12.7 Å². The minimum atomic E-state index is -0.0691. The first-order chi connectivity index (χ1) is 15.1. The summed E-state index contributed by atoms with van der Waals surface area (Å²) in [5, 5.41) is 3.56. The number of nitrogens with one attached hydrogen (secondary N) is 1. The molecule has 0 atom stereocenters. The van der Waals surface area contributed by atoms with Crippen LogP contribution in [0.3, 0.4) is 0 Å². The second-order valence-electron chi connectivity index (χ2n) is 7.89. The van der Waals surface area contributed by atoms with Crippen LogP contribution in [0.2, 0.25) is 5.02 Å². The van der Waals surface area contributed by atoms with Crippen LogP contribution in [-0.4, -0.2) is 72.5 Å². The second-order valence-corrected chi connectivity index (χ2v) is 8.33. The SMILES string of the molecule is O=C(NCC(=O)N1CCN(c2cccc(Cl)c2)CC1)C1CCN(c2cnccn2)CC1. The smallest absolute Gasteiger partial charge is 0.242 e. The molecular weight excluding hydrogens is 416 g/mol. The normalized spacial score (nSPS) is 17.5. The summed E-state index contributed by atoms with van der Waals surface area (Å²) < 4.78 is 0. The molecule has 0 spiro atoms. The summed E-state index contributed by atoms with van der Waals surface area (Å²) in [7, 11) is 0. The number of hydrogen-bond acceptors (Lipinski definition) is 6. The Morgan fingerprint density at radius 3 is 2.48 bits per heavy atom. The van der Waals surface area contributed by atoms with Crippen molar-refractivity contribution in [1.82, 2.24) is 20.2 Å². The van der Waals surface area contributed by atoms with E-state index in [1.807, 2.05) is 29.2 Å². The number of halogens is 1. The van der Waals surface area contributed by atoms with Crippen molar-refractivity contribution in [3.05, 3.63) is 47.9 Å². The summed E-state index contributed by atoms with van der Waals surface area (Å²) in [5.74, 6) is 0.703. The van der Waals surface area contributed by atoms with Gasteiger partial charge in [-0.25, -0.2) is 4.98 Å². The zero-order valence-electron chi connectivity index (χ0n) is 17.4. The molecule has 164 valence electrons. The molecule has 1 N–H and O–H groups in total. The topological polar surface area (TPSA) is 81.7 Å². The minimum Gasteiger partial charge on any atom is -0.368 e. The zero-order chi connectivity index (χ0) is 21.6. The Kier molecular flexibility index (Phi) is 6.86. The van der Waals surface area contributed by atoms with Crippen molar-refractivity contribution in [3.63, 3.8) is 0 Å². The number of piperazine rings is 1.